The van der Waals surface area contributed by atoms with Crippen LogP contribution in [0.25, 0.3) is 5.69 Å². The average molecular weight is 198 g/mol. The lowest BCUT2D eigenvalue weighted by Gasteiger charge is -2.12. The van der Waals surface area contributed by atoms with Crippen LogP contribution in [0.1, 0.15) is 5.56 Å². The summed E-state index contributed by atoms with van der Waals surface area (Å²) in [7, 11) is 2.15. The molecule has 2 nitrogen and oxygen atoms in total. The Bertz CT molecular complexity index is 471. The first-order valence-corrected chi connectivity index (χ1v) is 5.32. The van der Waals surface area contributed by atoms with Gasteiger partial charge in [0.2, 0.25) is 0 Å². The van der Waals surface area contributed by atoms with Crippen molar-refractivity contribution < 1.29 is 0 Å². The predicted octanol–water partition coefficient (Wildman–Crippen LogP) is 2.47. The van der Waals surface area contributed by atoms with Gasteiger partial charge >= 0.3 is 0 Å². The summed E-state index contributed by atoms with van der Waals surface area (Å²) in [5, 5.41) is 0. The Hall–Kier alpha value is -1.70. The van der Waals surface area contributed by atoms with Crippen LogP contribution in [-0.2, 0) is 6.42 Å². The molecule has 0 atom stereocenters. The number of hydrogen-bond donors (Lipinski definition) is 0. The molecule has 3 rings (SSSR count). The fourth-order valence-corrected chi connectivity index (χ4v) is 2.22. The molecule has 1 aromatic carbocycles. The molecule has 0 saturated heterocycles. The fraction of sp³-hybridized carbons (Fsp3) is 0.231. The van der Waals surface area contributed by atoms with Crippen LogP contribution in [0.15, 0.2) is 42.7 Å². The second-order valence-electron chi connectivity index (χ2n) is 4.07. The number of fused-ring (bicyclic) bond motifs is 1. The van der Waals surface area contributed by atoms with E-state index in [1.165, 1.54) is 23.4 Å². The van der Waals surface area contributed by atoms with Gasteiger partial charge in [-0.1, -0.05) is 0 Å². The Kier molecular flexibility index (Phi) is 1.81. The maximum absolute atomic E-state index is 2.31. The van der Waals surface area contributed by atoms with Gasteiger partial charge in [0.15, 0.2) is 0 Å². The molecule has 0 amide bonds. The normalized spacial score (nSPS) is 14.3. The van der Waals surface area contributed by atoms with Gasteiger partial charge in [-0.25, -0.2) is 0 Å². The second kappa shape index (κ2) is 3.16. The summed E-state index contributed by atoms with van der Waals surface area (Å²) >= 11 is 0. The van der Waals surface area contributed by atoms with Crippen LogP contribution in [0.4, 0.5) is 5.69 Å². The Morgan fingerprint density at radius 1 is 1.13 bits per heavy atom. The van der Waals surface area contributed by atoms with Crippen LogP contribution < -0.4 is 4.90 Å². The van der Waals surface area contributed by atoms with Gasteiger partial charge in [0.25, 0.3) is 0 Å². The van der Waals surface area contributed by atoms with Crippen molar-refractivity contribution in [3.63, 3.8) is 0 Å². The van der Waals surface area contributed by atoms with Crippen LogP contribution in [0.3, 0.4) is 0 Å². The molecule has 0 bridgehead atoms. The lowest BCUT2D eigenvalue weighted by atomic mass is 10.1. The summed E-state index contributed by atoms with van der Waals surface area (Å²) < 4.78 is 2.15. The third-order valence-corrected chi connectivity index (χ3v) is 3.09. The standard InChI is InChI=1S/C13H14N2/c1-14-9-6-11-10-12(4-5-13(11)14)15-7-2-3-8-15/h2-5,7-8,10H,6,9H2,1H3. The van der Waals surface area contributed by atoms with E-state index in [1.807, 2.05) is 0 Å². The summed E-state index contributed by atoms with van der Waals surface area (Å²) in [5.41, 5.74) is 4.10. The summed E-state index contributed by atoms with van der Waals surface area (Å²) in [6.07, 6.45) is 5.34. The molecule has 0 unspecified atom stereocenters. The third kappa shape index (κ3) is 1.33. The molecular formula is C13H14N2. The van der Waals surface area contributed by atoms with Gasteiger partial charge in [-0.15, -0.1) is 0 Å². The molecule has 0 saturated carbocycles. The Morgan fingerprint density at radius 2 is 1.93 bits per heavy atom. The van der Waals surface area contributed by atoms with Crippen molar-refractivity contribution >= 4 is 5.69 Å². The van der Waals surface area contributed by atoms with Crippen molar-refractivity contribution in [2.24, 2.45) is 0 Å². The first-order chi connectivity index (χ1) is 7.34. The quantitative estimate of drug-likeness (QED) is 0.683. The molecular weight excluding hydrogens is 184 g/mol. The van der Waals surface area contributed by atoms with Crippen molar-refractivity contribution in [3.8, 4) is 5.69 Å². The Morgan fingerprint density at radius 3 is 2.73 bits per heavy atom. The SMILES string of the molecule is CN1CCc2cc(-n3cccc3)ccc21. The Balaban J connectivity index is 2.07. The maximum atomic E-state index is 2.31. The topological polar surface area (TPSA) is 8.17 Å². The lowest BCUT2D eigenvalue weighted by Crippen LogP contribution is -2.12. The molecule has 2 aromatic rings. The molecule has 0 spiro atoms. The fourth-order valence-electron chi connectivity index (χ4n) is 2.22. The third-order valence-electron chi connectivity index (χ3n) is 3.09. The number of rotatable bonds is 1. The zero-order valence-electron chi connectivity index (χ0n) is 8.85. The van der Waals surface area contributed by atoms with E-state index in [0.717, 1.165) is 6.54 Å². The smallest absolute Gasteiger partial charge is 0.0453 e. The van der Waals surface area contributed by atoms with Gasteiger partial charge in [0.05, 0.1) is 0 Å². The number of nitrogens with zero attached hydrogens (tertiary/aromatic N) is 2. The van der Waals surface area contributed by atoms with Gasteiger partial charge in [-0.05, 0) is 42.3 Å². The number of aromatic nitrogens is 1. The highest BCUT2D eigenvalue weighted by Crippen LogP contribution is 2.28. The predicted molar refractivity (Wildman–Crippen MR) is 62.7 cm³/mol. The number of likely N-dealkylation sites (N-methyl/N-ethyl adjacent to an activating group) is 1. The van der Waals surface area contributed by atoms with Gasteiger partial charge in [-0.3, -0.25) is 0 Å². The highest BCUT2D eigenvalue weighted by molar-refractivity contribution is 5.60. The maximum Gasteiger partial charge on any atom is 0.0453 e. The summed E-state index contributed by atoms with van der Waals surface area (Å²) in [6, 6.07) is 10.8. The molecule has 1 aliphatic heterocycles. The minimum atomic E-state index is 1.14. The summed E-state index contributed by atoms with van der Waals surface area (Å²) in [6.45, 7) is 1.14. The molecule has 2 heteroatoms. The lowest BCUT2D eigenvalue weighted by molar-refractivity contribution is 0.955. The number of anilines is 1. The van der Waals surface area contributed by atoms with E-state index < -0.39 is 0 Å². The van der Waals surface area contributed by atoms with Gasteiger partial charge in [0, 0.05) is 37.4 Å². The van der Waals surface area contributed by atoms with E-state index in [-0.39, 0.29) is 0 Å². The molecule has 0 radical (unpaired) electrons. The van der Waals surface area contributed by atoms with E-state index >= 15 is 0 Å². The van der Waals surface area contributed by atoms with Gasteiger partial charge < -0.3 is 9.47 Å². The van der Waals surface area contributed by atoms with Crippen LogP contribution in [-0.4, -0.2) is 18.2 Å². The first-order valence-electron chi connectivity index (χ1n) is 5.32. The summed E-state index contributed by atoms with van der Waals surface area (Å²) in [4.78, 5) is 2.31. The molecule has 76 valence electrons. The minimum absolute atomic E-state index is 1.14. The monoisotopic (exact) mass is 198 g/mol. The number of benzene rings is 1. The van der Waals surface area contributed by atoms with Gasteiger partial charge in [-0.2, -0.15) is 0 Å². The molecule has 0 N–H and O–H groups in total. The first kappa shape index (κ1) is 8.60. The molecule has 1 aliphatic rings. The largest absolute Gasteiger partial charge is 0.374 e. The van der Waals surface area contributed by atoms with E-state index in [0.29, 0.717) is 0 Å². The van der Waals surface area contributed by atoms with E-state index in [9.17, 15) is 0 Å². The molecule has 0 aliphatic carbocycles. The average Bonchev–Trinajstić information content (AvgIpc) is 2.88. The van der Waals surface area contributed by atoms with Crippen molar-refractivity contribution in [2.75, 3.05) is 18.5 Å². The molecule has 1 aromatic heterocycles. The van der Waals surface area contributed by atoms with Crippen LogP contribution in [0.5, 0.6) is 0 Å². The van der Waals surface area contributed by atoms with Crippen LogP contribution >= 0.6 is 0 Å². The van der Waals surface area contributed by atoms with Gasteiger partial charge in [0.1, 0.15) is 0 Å². The molecule has 15 heavy (non-hydrogen) atoms. The second-order valence-corrected chi connectivity index (χ2v) is 4.07. The van der Waals surface area contributed by atoms with Crippen LogP contribution in [0.2, 0.25) is 0 Å². The zero-order valence-corrected chi connectivity index (χ0v) is 8.85. The van der Waals surface area contributed by atoms with Crippen LogP contribution in [0, 0.1) is 0 Å². The highest BCUT2D eigenvalue weighted by atomic mass is 15.1. The minimum Gasteiger partial charge on any atom is -0.374 e. The van der Waals surface area contributed by atoms with E-state index in [2.05, 4.69) is 59.2 Å². The molecule has 0 fully saturated rings. The zero-order chi connectivity index (χ0) is 10.3. The van der Waals surface area contributed by atoms with Crippen molar-refractivity contribution in [2.45, 2.75) is 6.42 Å². The van der Waals surface area contributed by atoms with Crippen molar-refractivity contribution in [1.82, 2.24) is 4.57 Å². The molecule has 2 heterocycles. The Labute approximate surface area is 89.8 Å². The van der Waals surface area contributed by atoms with Crippen molar-refractivity contribution in [3.05, 3.63) is 48.3 Å². The van der Waals surface area contributed by atoms with E-state index in [1.54, 1.807) is 0 Å². The van der Waals surface area contributed by atoms with Crippen molar-refractivity contribution in [1.29, 1.82) is 0 Å². The summed E-state index contributed by atoms with van der Waals surface area (Å²) in [5.74, 6) is 0. The highest BCUT2D eigenvalue weighted by Gasteiger charge is 2.15. The van der Waals surface area contributed by atoms with E-state index in [4.69, 9.17) is 0 Å². The number of hydrogen-bond acceptors (Lipinski definition) is 1.